The molecule has 0 amide bonds. The molecule has 0 spiro atoms. The normalized spacial score (nSPS) is 16.1. The zero-order valence-electron chi connectivity index (χ0n) is 9.00. The van der Waals surface area contributed by atoms with E-state index in [1.165, 1.54) is 12.8 Å². The number of benzene rings is 1. The van der Waals surface area contributed by atoms with Gasteiger partial charge in [0.2, 0.25) is 0 Å². The van der Waals surface area contributed by atoms with Gasteiger partial charge in [0, 0.05) is 0 Å². The van der Waals surface area contributed by atoms with E-state index >= 15 is 0 Å². The van der Waals surface area contributed by atoms with Crippen molar-refractivity contribution in [2.75, 3.05) is 0 Å². The fourth-order valence-electron chi connectivity index (χ4n) is 1.92. The molecular weight excluding hydrogens is 207 g/mol. The lowest BCUT2D eigenvalue weighted by atomic mass is 10.2. The minimum atomic E-state index is -1.78. The van der Waals surface area contributed by atoms with Crippen molar-refractivity contribution >= 4 is 7.32 Å². The molecule has 1 aliphatic carbocycles. The second kappa shape index (κ2) is 5.23. The molecule has 1 aliphatic rings. The van der Waals surface area contributed by atoms with E-state index < -0.39 is 7.32 Å². The van der Waals surface area contributed by atoms with E-state index in [0.717, 1.165) is 18.6 Å². The summed E-state index contributed by atoms with van der Waals surface area (Å²) in [5.41, 5.74) is 0. The molecule has 1 saturated carbocycles. The van der Waals surface area contributed by atoms with Gasteiger partial charge in [-0.25, -0.2) is 0 Å². The SMILES string of the molecule is OB(O)Oc1ccc(OC2CCCC2)cc1. The van der Waals surface area contributed by atoms with Gasteiger partial charge in [-0.15, -0.1) is 0 Å². The standard InChI is InChI=1S/C11H15BO4/c13-12(14)16-11-7-5-10(6-8-11)15-9-3-1-2-4-9/h5-9,13-14H,1-4H2. The Bertz CT molecular complexity index is 319. The monoisotopic (exact) mass is 222 g/mol. The molecule has 5 heteroatoms. The maximum Gasteiger partial charge on any atom is 0.707 e. The van der Waals surface area contributed by atoms with Crippen LogP contribution in [0.3, 0.4) is 0 Å². The Kier molecular flexibility index (Phi) is 3.69. The summed E-state index contributed by atoms with van der Waals surface area (Å²) in [5, 5.41) is 17.2. The summed E-state index contributed by atoms with van der Waals surface area (Å²) in [6.45, 7) is 0. The third kappa shape index (κ3) is 3.15. The van der Waals surface area contributed by atoms with Crippen molar-refractivity contribution < 1.29 is 19.4 Å². The average Bonchev–Trinajstić information content (AvgIpc) is 2.73. The van der Waals surface area contributed by atoms with E-state index in [9.17, 15) is 0 Å². The molecule has 1 aromatic carbocycles. The van der Waals surface area contributed by atoms with Crippen LogP contribution < -0.4 is 9.39 Å². The van der Waals surface area contributed by atoms with Crippen molar-refractivity contribution in [3.05, 3.63) is 24.3 Å². The third-order valence-electron chi connectivity index (χ3n) is 2.67. The summed E-state index contributed by atoms with van der Waals surface area (Å²) >= 11 is 0. The van der Waals surface area contributed by atoms with E-state index in [0.29, 0.717) is 11.9 Å². The van der Waals surface area contributed by atoms with Crippen molar-refractivity contribution in [1.29, 1.82) is 0 Å². The second-order valence-electron chi connectivity index (χ2n) is 3.94. The highest BCUT2D eigenvalue weighted by atomic mass is 16.6. The molecule has 0 bridgehead atoms. The van der Waals surface area contributed by atoms with Crippen LogP contribution in [0.15, 0.2) is 24.3 Å². The summed E-state index contributed by atoms with van der Waals surface area (Å²) in [6, 6.07) is 6.86. The molecule has 2 rings (SSSR count). The molecule has 0 aliphatic heterocycles. The third-order valence-corrected chi connectivity index (χ3v) is 2.67. The number of hydrogen-bond acceptors (Lipinski definition) is 4. The molecule has 0 saturated heterocycles. The fourth-order valence-corrected chi connectivity index (χ4v) is 1.92. The lowest BCUT2D eigenvalue weighted by Gasteiger charge is -2.13. The summed E-state index contributed by atoms with van der Waals surface area (Å²) in [7, 11) is -1.78. The number of ether oxygens (including phenoxy) is 1. The topological polar surface area (TPSA) is 58.9 Å². The van der Waals surface area contributed by atoms with Crippen molar-refractivity contribution in [2.24, 2.45) is 0 Å². The second-order valence-corrected chi connectivity index (χ2v) is 3.94. The Morgan fingerprint density at radius 1 is 1.00 bits per heavy atom. The van der Waals surface area contributed by atoms with Crippen LogP contribution in [0.4, 0.5) is 0 Å². The number of hydrogen-bond donors (Lipinski definition) is 2. The van der Waals surface area contributed by atoms with E-state index in [1.54, 1.807) is 24.3 Å². The Balaban J connectivity index is 1.90. The van der Waals surface area contributed by atoms with Crippen LogP contribution in [-0.2, 0) is 0 Å². The quantitative estimate of drug-likeness (QED) is 0.755. The Morgan fingerprint density at radius 2 is 1.56 bits per heavy atom. The predicted molar refractivity (Wildman–Crippen MR) is 60.1 cm³/mol. The molecular formula is C11H15BO4. The van der Waals surface area contributed by atoms with Crippen LogP contribution in [0.2, 0.25) is 0 Å². The Morgan fingerprint density at radius 3 is 2.12 bits per heavy atom. The first-order chi connectivity index (χ1) is 7.74. The summed E-state index contributed by atoms with van der Waals surface area (Å²) in [5.74, 6) is 1.21. The van der Waals surface area contributed by atoms with Gasteiger partial charge in [0.15, 0.2) is 0 Å². The minimum Gasteiger partial charge on any atom is -0.512 e. The summed E-state index contributed by atoms with van der Waals surface area (Å²) in [4.78, 5) is 0. The van der Waals surface area contributed by atoms with Gasteiger partial charge in [-0.2, -0.15) is 0 Å². The van der Waals surface area contributed by atoms with E-state index in [2.05, 4.69) is 0 Å². The maximum atomic E-state index is 8.61. The van der Waals surface area contributed by atoms with Gasteiger partial charge in [-0.1, -0.05) is 0 Å². The predicted octanol–water partition coefficient (Wildman–Crippen LogP) is 1.36. The van der Waals surface area contributed by atoms with Gasteiger partial charge in [-0.3, -0.25) is 0 Å². The van der Waals surface area contributed by atoms with Crippen LogP contribution in [0, 0.1) is 0 Å². The van der Waals surface area contributed by atoms with Gasteiger partial charge in [0.05, 0.1) is 6.10 Å². The molecule has 0 aromatic heterocycles. The lowest BCUT2D eigenvalue weighted by molar-refractivity contribution is 0.209. The zero-order chi connectivity index (χ0) is 11.4. The lowest BCUT2D eigenvalue weighted by Crippen LogP contribution is -2.20. The largest absolute Gasteiger partial charge is 0.707 e. The van der Waals surface area contributed by atoms with Gasteiger partial charge in [0.25, 0.3) is 0 Å². The van der Waals surface area contributed by atoms with Crippen molar-refractivity contribution in [2.45, 2.75) is 31.8 Å². The van der Waals surface area contributed by atoms with Gasteiger partial charge >= 0.3 is 7.32 Å². The molecule has 86 valence electrons. The number of rotatable bonds is 4. The molecule has 2 N–H and O–H groups in total. The van der Waals surface area contributed by atoms with Crippen molar-refractivity contribution in [3.63, 3.8) is 0 Å². The molecule has 0 heterocycles. The molecule has 16 heavy (non-hydrogen) atoms. The molecule has 0 atom stereocenters. The van der Waals surface area contributed by atoms with Crippen molar-refractivity contribution in [3.8, 4) is 11.5 Å². The van der Waals surface area contributed by atoms with E-state index in [1.807, 2.05) is 0 Å². The average molecular weight is 222 g/mol. The maximum absolute atomic E-state index is 8.61. The smallest absolute Gasteiger partial charge is 0.512 e. The van der Waals surface area contributed by atoms with Crippen LogP contribution in [0.5, 0.6) is 11.5 Å². The van der Waals surface area contributed by atoms with Crippen LogP contribution in [-0.4, -0.2) is 23.5 Å². The highest BCUT2D eigenvalue weighted by Crippen LogP contribution is 2.25. The van der Waals surface area contributed by atoms with Crippen LogP contribution in [0.25, 0.3) is 0 Å². The first-order valence-electron chi connectivity index (χ1n) is 5.53. The highest BCUT2D eigenvalue weighted by molar-refractivity contribution is 6.33. The van der Waals surface area contributed by atoms with Gasteiger partial charge < -0.3 is 19.4 Å². The molecule has 4 nitrogen and oxygen atoms in total. The van der Waals surface area contributed by atoms with Crippen molar-refractivity contribution in [1.82, 2.24) is 0 Å². The van der Waals surface area contributed by atoms with Crippen LogP contribution in [0.1, 0.15) is 25.7 Å². The first-order valence-corrected chi connectivity index (χ1v) is 5.53. The van der Waals surface area contributed by atoms with E-state index in [4.69, 9.17) is 19.4 Å². The minimum absolute atomic E-state index is 0.329. The molecule has 0 radical (unpaired) electrons. The molecule has 0 unspecified atom stereocenters. The Labute approximate surface area is 95.0 Å². The summed E-state index contributed by atoms with van der Waals surface area (Å²) < 4.78 is 10.4. The summed E-state index contributed by atoms with van der Waals surface area (Å²) in [6.07, 6.45) is 5.04. The highest BCUT2D eigenvalue weighted by Gasteiger charge is 2.16. The van der Waals surface area contributed by atoms with Crippen LogP contribution >= 0.6 is 0 Å². The van der Waals surface area contributed by atoms with Gasteiger partial charge in [0.1, 0.15) is 11.5 Å². The molecule has 1 fully saturated rings. The first kappa shape index (κ1) is 11.3. The zero-order valence-corrected chi connectivity index (χ0v) is 9.00. The molecule has 1 aromatic rings. The fraction of sp³-hybridized carbons (Fsp3) is 0.455. The van der Waals surface area contributed by atoms with Gasteiger partial charge in [-0.05, 0) is 49.9 Å². The van der Waals surface area contributed by atoms with E-state index in [-0.39, 0.29) is 0 Å². The Hall–Kier alpha value is -1.20.